The van der Waals surface area contributed by atoms with Gasteiger partial charge in [-0.15, -0.1) is 0 Å². The number of aliphatic hydroxyl groups is 1. The molecule has 0 radical (unpaired) electrons. The lowest BCUT2D eigenvalue weighted by atomic mass is 10.2. The molecule has 6 nitrogen and oxygen atoms in total. The number of carbonyl (C=O) groups excluding carboxylic acids is 1. The van der Waals surface area contributed by atoms with Crippen LogP contribution in [0.4, 0.5) is 5.69 Å². The molecule has 25 heavy (non-hydrogen) atoms. The monoisotopic (exact) mass is 362 g/mol. The first-order valence-corrected chi connectivity index (χ1v) is 8.80. The first kappa shape index (κ1) is 17.9. The summed E-state index contributed by atoms with van der Waals surface area (Å²) < 4.78 is 0. The summed E-state index contributed by atoms with van der Waals surface area (Å²) in [6, 6.07) is 11.0. The van der Waals surface area contributed by atoms with Gasteiger partial charge in [0.2, 0.25) is 5.91 Å². The Kier molecular flexibility index (Phi) is 6.09. The number of piperazine rings is 1. The van der Waals surface area contributed by atoms with E-state index in [-0.39, 0.29) is 5.91 Å². The van der Waals surface area contributed by atoms with Gasteiger partial charge in [0.1, 0.15) is 6.10 Å². The Hall–Kier alpha value is -1.86. The van der Waals surface area contributed by atoms with E-state index in [0.717, 1.165) is 31.9 Å². The van der Waals surface area contributed by atoms with Crippen LogP contribution in [0.3, 0.4) is 0 Å². The van der Waals surface area contributed by atoms with E-state index in [1.54, 1.807) is 12.1 Å². The largest absolute Gasteiger partial charge is 0.386 e. The molecule has 0 bridgehead atoms. The van der Waals surface area contributed by atoms with Gasteiger partial charge in [-0.05, 0) is 24.3 Å². The van der Waals surface area contributed by atoms with E-state index in [9.17, 15) is 9.90 Å². The maximum absolute atomic E-state index is 12.2. The first-order valence-electron chi connectivity index (χ1n) is 8.42. The zero-order chi connectivity index (χ0) is 17.6. The second-order valence-electron chi connectivity index (χ2n) is 6.25. The SMILES string of the molecule is O=C(CN1CCN(C[C@@H](O)c2ccc[nH]2)CC1)Nc1ccccc1Cl. The van der Waals surface area contributed by atoms with Crippen molar-refractivity contribution in [1.29, 1.82) is 0 Å². The minimum absolute atomic E-state index is 0.0621. The molecule has 3 N–H and O–H groups in total. The van der Waals surface area contributed by atoms with Gasteiger partial charge in [0, 0.05) is 44.6 Å². The standard InChI is InChI=1S/C18H23ClN4O2/c19-14-4-1-2-5-15(14)21-18(25)13-23-10-8-22(9-11-23)12-17(24)16-6-3-7-20-16/h1-7,17,20,24H,8-13H2,(H,21,25)/t17-/m1/s1. The number of aromatic amines is 1. The zero-order valence-electron chi connectivity index (χ0n) is 14.0. The van der Waals surface area contributed by atoms with Crippen LogP contribution in [0.25, 0.3) is 0 Å². The van der Waals surface area contributed by atoms with Crippen molar-refractivity contribution < 1.29 is 9.90 Å². The Morgan fingerprint density at radius 3 is 2.56 bits per heavy atom. The number of amides is 1. The number of β-amino-alcohol motifs (C(OH)–C–C–N with tert-alkyl or cyclic N) is 1. The molecule has 3 rings (SSSR count). The molecule has 7 heteroatoms. The molecule has 1 aliphatic rings. The van der Waals surface area contributed by atoms with Gasteiger partial charge in [0.05, 0.1) is 17.3 Å². The number of hydrogen-bond acceptors (Lipinski definition) is 4. The highest BCUT2D eigenvalue weighted by atomic mass is 35.5. The molecule has 2 heterocycles. The highest BCUT2D eigenvalue weighted by Gasteiger charge is 2.21. The Morgan fingerprint density at radius 2 is 1.88 bits per heavy atom. The molecular formula is C18H23ClN4O2. The van der Waals surface area contributed by atoms with Crippen LogP contribution >= 0.6 is 11.6 Å². The number of carbonyl (C=O) groups is 1. The average Bonchev–Trinajstić information content (AvgIpc) is 3.13. The zero-order valence-corrected chi connectivity index (χ0v) is 14.7. The molecule has 0 unspecified atom stereocenters. The van der Waals surface area contributed by atoms with E-state index in [4.69, 9.17) is 11.6 Å². The maximum Gasteiger partial charge on any atom is 0.238 e. The van der Waals surface area contributed by atoms with Crippen molar-refractivity contribution in [2.75, 3.05) is 44.6 Å². The minimum Gasteiger partial charge on any atom is -0.386 e. The number of H-pyrrole nitrogens is 1. The van der Waals surface area contributed by atoms with Crippen LogP contribution in [0.1, 0.15) is 11.8 Å². The van der Waals surface area contributed by atoms with Crippen LogP contribution in [0, 0.1) is 0 Å². The van der Waals surface area contributed by atoms with Gasteiger partial charge >= 0.3 is 0 Å². The second-order valence-corrected chi connectivity index (χ2v) is 6.65. The predicted octanol–water partition coefficient (Wildman–Crippen LogP) is 1.96. The van der Waals surface area contributed by atoms with Gasteiger partial charge in [0.25, 0.3) is 0 Å². The topological polar surface area (TPSA) is 71.6 Å². The third kappa shape index (κ3) is 5.06. The van der Waals surface area contributed by atoms with Crippen molar-refractivity contribution in [3.05, 3.63) is 53.3 Å². The quantitative estimate of drug-likeness (QED) is 0.734. The number of nitrogens with one attached hydrogen (secondary N) is 2. The summed E-state index contributed by atoms with van der Waals surface area (Å²) in [6.45, 7) is 4.20. The van der Waals surface area contributed by atoms with Crippen molar-refractivity contribution in [2.45, 2.75) is 6.10 Å². The van der Waals surface area contributed by atoms with Crippen molar-refractivity contribution >= 4 is 23.2 Å². The lowest BCUT2D eigenvalue weighted by molar-refractivity contribution is -0.117. The van der Waals surface area contributed by atoms with Crippen molar-refractivity contribution in [3.8, 4) is 0 Å². The number of benzene rings is 1. The summed E-state index contributed by atoms with van der Waals surface area (Å²) in [5.74, 6) is -0.0621. The number of rotatable bonds is 6. The molecule has 1 saturated heterocycles. The van der Waals surface area contributed by atoms with Gasteiger partial charge in [0.15, 0.2) is 0 Å². The molecule has 2 aromatic rings. The normalized spacial score (nSPS) is 17.4. The first-order chi connectivity index (χ1) is 12.1. The minimum atomic E-state index is -0.509. The summed E-state index contributed by atoms with van der Waals surface area (Å²) >= 11 is 6.06. The number of aliphatic hydroxyl groups excluding tert-OH is 1. The molecule has 1 atom stereocenters. The number of hydrogen-bond donors (Lipinski definition) is 3. The van der Waals surface area contributed by atoms with Gasteiger partial charge < -0.3 is 15.4 Å². The van der Waals surface area contributed by atoms with E-state index < -0.39 is 6.10 Å². The summed E-state index contributed by atoms with van der Waals surface area (Å²) in [4.78, 5) is 19.5. The van der Waals surface area contributed by atoms with Crippen LogP contribution in [-0.4, -0.2) is 65.1 Å². The van der Waals surface area contributed by atoms with Crippen molar-refractivity contribution in [1.82, 2.24) is 14.8 Å². The van der Waals surface area contributed by atoms with Crippen LogP contribution in [0.5, 0.6) is 0 Å². The highest BCUT2D eigenvalue weighted by Crippen LogP contribution is 2.20. The van der Waals surface area contributed by atoms with Crippen LogP contribution < -0.4 is 5.32 Å². The Bertz CT molecular complexity index is 684. The van der Waals surface area contributed by atoms with E-state index >= 15 is 0 Å². The molecular weight excluding hydrogens is 340 g/mol. The van der Waals surface area contributed by atoms with Crippen molar-refractivity contribution in [3.63, 3.8) is 0 Å². The number of halogens is 1. The molecule has 0 spiro atoms. The lowest BCUT2D eigenvalue weighted by Gasteiger charge is -2.35. The number of anilines is 1. The molecule has 1 fully saturated rings. The molecule has 1 aromatic carbocycles. The number of nitrogens with zero attached hydrogens (tertiary/aromatic N) is 2. The predicted molar refractivity (Wildman–Crippen MR) is 98.7 cm³/mol. The van der Waals surface area contributed by atoms with Crippen LogP contribution in [0.2, 0.25) is 5.02 Å². The Labute approximate surface area is 152 Å². The lowest BCUT2D eigenvalue weighted by Crippen LogP contribution is -2.49. The average molecular weight is 363 g/mol. The second kappa shape index (κ2) is 8.49. The third-order valence-corrected chi connectivity index (χ3v) is 4.72. The number of para-hydroxylation sites is 1. The molecule has 0 saturated carbocycles. The van der Waals surface area contributed by atoms with Crippen molar-refractivity contribution in [2.24, 2.45) is 0 Å². The smallest absolute Gasteiger partial charge is 0.238 e. The molecule has 1 amide bonds. The Morgan fingerprint density at radius 1 is 1.16 bits per heavy atom. The van der Waals surface area contributed by atoms with Gasteiger partial charge in [-0.2, -0.15) is 0 Å². The van der Waals surface area contributed by atoms with Crippen LogP contribution in [-0.2, 0) is 4.79 Å². The fraction of sp³-hybridized carbons (Fsp3) is 0.389. The Balaban J connectivity index is 1.41. The maximum atomic E-state index is 12.2. The molecule has 134 valence electrons. The highest BCUT2D eigenvalue weighted by molar-refractivity contribution is 6.33. The van der Waals surface area contributed by atoms with E-state index in [0.29, 0.717) is 23.8 Å². The van der Waals surface area contributed by atoms with Gasteiger partial charge in [-0.25, -0.2) is 0 Å². The third-order valence-electron chi connectivity index (χ3n) is 4.39. The van der Waals surface area contributed by atoms with E-state index in [2.05, 4.69) is 20.1 Å². The summed E-state index contributed by atoms with van der Waals surface area (Å²) in [5.41, 5.74) is 1.48. The van der Waals surface area contributed by atoms with Gasteiger partial charge in [-0.3, -0.25) is 14.6 Å². The fourth-order valence-electron chi connectivity index (χ4n) is 2.98. The molecule has 1 aromatic heterocycles. The number of aromatic nitrogens is 1. The summed E-state index contributed by atoms with van der Waals surface area (Å²) in [7, 11) is 0. The van der Waals surface area contributed by atoms with Crippen LogP contribution in [0.15, 0.2) is 42.6 Å². The molecule has 1 aliphatic heterocycles. The van der Waals surface area contributed by atoms with E-state index in [1.807, 2.05) is 30.5 Å². The van der Waals surface area contributed by atoms with Gasteiger partial charge in [-0.1, -0.05) is 23.7 Å². The molecule has 0 aliphatic carbocycles. The summed E-state index contributed by atoms with van der Waals surface area (Å²) in [5, 5.41) is 13.6. The fourth-order valence-corrected chi connectivity index (χ4v) is 3.16. The van der Waals surface area contributed by atoms with E-state index in [1.165, 1.54) is 0 Å². The summed E-state index contributed by atoms with van der Waals surface area (Å²) in [6.07, 6.45) is 1.30.